The van der Waals surface area contributed by atoms with E-state index in [2.05, 4.69) is 10.4 Å². The van der Waals surface area contributed by atoms with Gasteiger partial charge in [-0.25, -0.2) is 9.07 Å². The number of benzene rings is 1. The fourth-order valence-electron chi connectivity index (χ4n) is 2.03. The highest BCUT2D eigenvalue weighted by molar-refractivity contribution is 5.36. The lowest BCUT2D eigenvalue weighted by Gasteiger charge is -2.07. The molecule has 1 aromatic heterocycles. The normalized spacial score (nSPS) is 15.0. The Morgan fingerprint density at radius 1 is 1.39 bits per heavy atom. The highest BCUT2D eigenvalue weighted by atomic mass is 19.1. The van der Waals surface area contributed by atoms with Crippen LogP contribution in [0, 0.1) is 12.7 Å². The van der Waals surface area contributed by atoms with E-state index in [0.717, 1.165) is 17.8 Å². The minimum Gasteiger partial charge on any atom is -0.310 e. The summed E-state index contributed by atoms with van der Waals surface area (Å²) in [4.78, 5) is 0. The second-order valence-corrected chi connectivity index (χ2v) is 4.77. The smallest absolute Gasteiger partial charge is 0.148 e. The van der Waals surface area contributed by atoms with E-state index >= 15 is 0 Å². The van der Waals surface area contributed by atoms with Crippen molar-refractivity contribution in [2.24, 2.45) is 0 Å². The van der Waals surface area contributed by atoms with Gasteiger partial charge in [0.2, 0.25) is 0 Å². The van der Waals surface area contributed by atoms with Gasteiger partial charge in [0, 0.05) is 23.8 Å². The number of aromatic nitrogens is 2. The van der Waals surface area contributed by atoms with E-state index in [1.807, 2.05) is 19.2 Å². The molecule has 0 unspecified atom stereocenters. The van der Waals surface area contributed by atoms with Gasteiger partial charge < -0.3 is 5.32 Å². The van der Waals surface area contributed by atoms with Crippen LogP contribution in [0.25, 0.3) is 5.69 Å². The van der Waals surface area contributed by atoms with Gasteiger partial charge in [-0.2, -0.15) is 5.10 Å². The second-order valence-electron chi connectivity index (χ2n) is 4.77. The third kappa shape index (κ3) is 2.16. The van der Waals surface area contributed by atoms with Gasteiger partial charge in [-0.1, -0.05) is 12.1 Å². The van der Waals surface area contributed by atoms with Crippen molar-refractivity contribution in [2.75, 3.05) is 0 Å². The Morgan fingerprint density at radius 2 is 2.17 bits per heavy atom. The molecule has 0 saturated heterocycles. The Bertz CT molecular complexity index is 558. The summed E-state index contributed by atoms with van der Waals surface area (Å²) in [5.74, 6) is -0.245. The zero-order valence-corrected chi connectivity index (χ0v) is 10.4. The number of hydrogen-bond donors (Lipinski definition) is 1. The molecule has 0 spiro atoms. The second kappa shape index (κ2) is 4.53. The van der Waals surface area contributed by atoms with Crippen molar-refractivity contribution in [3.05, 3.63) is 47.5 Å². The van der Waals surface area contributed by atoms with Crippen LogP contribution in [0.2, 0.25) is 0 Å². The Morgan fingerprint density at radius 3 is 2.89 bits per heavy atom. The molecule has 0 atom stereocenters. The number of hydrogen-bond acceptors (Lipinski definition) is 2. The van der Waals surface area contributed by atoms with Gasteiger partial charge in [-0.05, 0) is 31.9 Å². The Kier molecular flexibility index (Phi) is 2.88. The molecule has 1 aliphatic carbocycles. The molecular formula is C14H16FN3. The summed E-state index contributed by atoms with van der Waals surface area (Å²) in [7, 11) is 0. The molecule has 0 bridgehead atoms. The topological polar surface area (TPSA) is 29.9 Å². The quantitative estimate of drug-likeness (QED) is 0.897. The lowest BCUT2D eigenvalue weighted by Crippen LogP contribution is -2.15. The summed E-state index contributed by atoms with van der Waals surface area (Å²) in [5, 5.41) is 7.73. The van der Waals surface area contributed by atoms with Crippen molar-refractivity contribution >= 4 is 0 Å². The molecule has 0 radical (unpaired) electrons. The molecule has 1 aliphatic rings. The van der Waals surface area contributed by atoms with Gasteiger partial charge in [-0.3, -0.25) is 0 Å². The predicted molar refractivity (Wildman–Crippen MR) is 68.1 cm³/mol. The van der Waals surface area contributed by atoms with E-state index in [-0.39, 0.29) is 5.82 Å². The van der Waals surface area contributed by atoms with Crippen molar-refractivity contribution in [1.82, 2.24) is 15.1 Å². The van der Waals surface area contributed by atoms with E-state index in [1.54, 1.807) is 16.8 Å². The van der Waals surface area contributed by atoms with E-state index in [0.29, 0.717) is 11.7 Å². The maximum atomic E-state index is 13.7. The number of nitrogens with one attached hydrogen (secondary N) is 1. The summed E-state index contributed by atoms with van der Waals surface area (Å²) in [6.07, 6.45) is 4.35. The summed E-state index contributed by atoms with van der Waals surface area (Å²) < 4.78 is 15.4. The molecule has 3 rings (SSSR count). The van der Waals surface area contributed by atoms with Crippen LogP contribution < -0.4 is 5.32 Å². The van der Waals surface area contributed by atoms with Crippen LogP contribution in [-0.4, -0.2) is 15.8 Å². The van der Waals surface area contributed by atoms with Crippen LogP contribution in [0.3, 0.4) is 0 Å². The minimum atomic E-state index is -0.245. The zero-order chi connectivity index (χ0) is 12.5. The van der Waals surface area contributed by atoms with E-state index in [9.17, 15) is 4.39 Å². The molecule has 4 heteroatoms. The highest BCUT2D eigenvalue weighted by Crippen LogP contribution is 2.21. The summed E-state index contributed by atoms with van der Waals surface area (Å²) in [5.41, 5.74) is 2.63. The van der Waals surface area contributed by atoms with Crippen molar-refractivity contribution in [2.45, 2.75) is 32.4 Å². The molecule has 1 heterocycles. The fraction of sp³-hybridized carbons (Fsp3) is 0.357. The zero-order valence-electron chi connectivity index (χ0n) is 10.4. The van der Waals surface area contributed by atoms with Gasteiger partial charge in [0.15, 0.2) is 0 Å². The summed E-state index contributed by atoms with van der Waals surface area (Å²) >= 11 is 0. The van der Waals surface area contributed by atoms with Crippen LogP contribution in [0.1, 0.15) is 24.1 Å². The van der Waals surface area contributed by atoms with E-state index < -0.39 is 0 Å². The van der Waals surface area contributed by atoms with E-state index in [1.165, 1.54) is 18.9 Å². The molecular weight excluding hydrogens is 229 g/mol. The molecule has 3 nitrogen and oxygen atoms in total. The molecule has 1 saturated carbocycles. The Hall–Kier alpha value is -1.68. The Labute approximate surface area is 106 Å². The largest absolute Gasteiger partial charge is 0.310 e. The first-order chi connectivity index (χ1) is 8.75. The third-order valence-electron chi connectivity index (χ3n) is 3.35. The number of rotatable bonds is 4. The fourth-order valence-corrected chi connectivity index (χ4v) is 2.03. The van der Waals surface area contributed by atoms with Gasteiger partial charge in [0.25, 0.3) is 0 Å². The first-order valence-corrected chi connectivity index (χ1v) is 6.27. The van der Waals surface area contributed by atoms with Gasteiger partial charge in [0.05, 0.1) is 6.20 Å². The van der Waals surface area contributed by atoms with Crippen LogP contribution >= 0.6 is 0 Å². The van der Waals surface area contributed by atoms with Crippen molar-refractivity contribution in [3.63, 3.8) is 0 Å². The lowest BCUT2D eigenvalue weighted by atomic mass is 10.2. The Balaban J connectivity index is 1.86. The first-order valence-electron chi connectivity index (χ1n) is 6.27. The lowest BCUT2D eigenvalue weighted by molar-refractivity contribution is 0.608. The molecule has 1 fully saturated rings. The molecule has 0 aliphatic heterocycles. The predicted octanol–water partition coefficient (Wildman–Crippen LogP) is 2.57. The standard InChI is InChI=1S/C14H16FN3/c1-10-11(8-16-12-6-7-12)9-17-18(10)14-5-3-2-4-13(14)15/h2-5,9,12,16H,6-8H2,1H3. The number of para-hydroxylation sites is 1. The minimum absolute atomic E-state index is 0.245. The van der Waals surface area contributed by atoms with Gasteiger partial charge in [-0.15, -0.1) is 0 Å². The van der Waals surface area contributed by atoms with Crippen LogP contribution in [0.5, 0.6) is 0 Å². The molecule has 94 valence electrons. The first kappa shape index (κ1) is 11.4. The monoisotopic (exact) mass is 245 g/mol. The summed E-state index contributed by atoms with van der Waals surface area (Å²) in [6.45, 7) is 2.79. The maximum absolute atomic E-state index is 13.7. The number of nitrogens with zero attached hydrogens (tertiary/aromatic N) is 2. The number of halogens is 1. The average Bonchev–Trinajstić information content (AvgIpc) is 3.13. The van der Waals surface area contributed by atoms with Crippen LogP contribution in [-0.2, 0) is 6.54 Å². The molecule has 18 heavy (non-hydrogen) atoms. The van der Waals surface area contributed by atoms with Crippen LogP contribution in [0.4, 0.5) is 4.39 Å². The third-order valence-corrected chi connectivity index (χ3v) is 3.35. The van der Waals surface area contributed by atoms with Crippen molar-refractivity contribution < 1.29 is 4.39 Å². The van der Waals surface area contributed by atoms with E-state index in [4.69, 9.17) is 0 Å². The van der Waals surface area contributed by atoms with Crippen molar-refractivity contribution in [3.8, 4) is 5.69 Å². The molecule has 2 aromatic rings. The molecule has 0 amide bonds. The molecule has 1 N–H and O–H groups in total. The van der Waals surface area contributed by atoms with Crippen LogP contribution in [0.15, 0.2) is 30.5 Å². The van der Waals surface area contributed by atoms with Crippen molar-refractivity contribution in [1.29, 1.82) is 0 Å². The highest BCUT2D eigenvalue weighted by Gasteiger charge is 2.21. The maximum Gasteiger partial charge on any atom is 0.148 e. The SMILES string of the molecule is Cc1c(CNC2CC2)cnn1-c1ccccc1F. The molecule has 1 aromatic carbocycles. The van der Waals surface area contributed by atoms with Gasteiger partial charge in [0.1, 0.15) is 11.5 Å². The average molecular weight is 245 g/mol. The van der Waals surface area contributed by atoms with Gasteiger partial charge >= 0.3 is 0 Å². The summed E-state index contributed by atoms with van der Waals surface area (Å²) in [6, 6.07) is 7.38.